The van der Waals surface area contributed by atoms with Crippen molar-refractivity contribution in [2.45, 2.75) is 176 Å². The molecule has 5 heteroatoms. The van der Waals surface area contributed by atoms with Gasteiger partial charge in [-0.25, -0.2) is 0 Å². The van der Waals surface area contributed by atoms with E-state index in [0.29, 0.717) is 4.08 Å². The van der Waals surface area contributed by atoms with Crippen molar-refractivity contribution in [3.8, 4) is 20.9 Å². The second-order valence-electron chi connectivity index (χ2n) is 16.2. The molecule has 0 amide bonds. The molecule has 50 heavy (non-hydrogen) atoms. The van der Waals surface area contributed by atoms with Gasteiger partial charge in [-0.2, -0.15) is 0 Å². The van der Waals surface area contributed by atoms with Crippen molar-refractivity contribution in [2.24, 2.45) is 0 Å². The maximum atomic E-state index is 6.13. The maximum absolute atomic E-state index is 6.13. The monoisotopic (exact) mass is 739 g/mol. The molecule has 1 aromatic carbocycles. The molecule has 3 aromatic rings. The molecule has 2 aliphatic carbocycles. The number of hydrogen-bond acceptors (Lipinski definition) is 3. The Kier molecular flexibility index (Phi) is 9.86. The van der Waals surface area contributed by atoms with Crippen molar-refractivity contribution in [3.05, 3.63) is 61.2 Å². The zero-order valence-corrected chi connectivity index (χ0v) is 35.2. The van der Waals surface area contributed by atoms with Gasteiger partial charge in [0.15, 0.2) is 0 Å². The second kappa shape index (κ2) is 13.7. The molecule has 1 saturated heterocycles. The number of benzene rings is 1. The number of thiophene rings is 2. The summed E-state index contributed by atoms with van der Waals surface area (Å²) in [6, 6.07) is 7.87. The fourth-order valence-corrected chi connectivity index (χ4v) is 23.9. The molecule has 5 heterocycles. The van der Waals surface area contributed by atoms with Gasteiger partial charge in [0.2, 0.25) is 0 Å². The number of hydrogen-bond donors (Lipinski definition) is 0. The molecule has 0 N–H and O–H groups in total. The molecule has 8 rings (SSSR count). The molecule has 5 aliphatic rings. The van der Waals surface area contributed by atoms with Gasteiger partial charge in [0.25, 0.3) is 0 Å². The van der Waals surface area contributed by atoms with Crippen LogP contribution in [0.3, 0.4) is 0 Å². The normalized spacial score (nSPS) is 26.1. The van der Waals surface area contributed by atoms with Crippen LogP contribution in [0.15, 0.2) is 34.1 Å². The van der Waals surface area contributed by atoms with Gasteiger partial charge in [-0.05, 0) is 24.2 Å². The second-order valence-corrected chi connectivity index (χ2v) is 23.4. The van der Waals surface area contributed by atoms with E-state index in [-0.39, 0.29) is 10.8 Å². The number of rotatable bonds is 19. The van der Waals surface area contributed by atoms with E-state index in [1.54, 1.807) is 26.5 Å². The van der Waals surface area contributed by atoms with Crippen LogP contribution in [0, 0.1) is 0 Å². The van der Waals surface area contributed by atoms with E-state index < -0.39 is 10.0 Å². The molecule has 0 saturated carbocycles. The molecule has 3 unspecified atom stereocenters. The smallest absolute Gasteiger partial charge is 0.107 e. The molecule has 0 nitrogen and oxygen atoms in total. The molecular weight excluding hydrogens is 680 g/mol. The third kappa shape index (κ3) is 4.66. The van der Waals surface area contributed by atoms with Crippen molar-refractivity contribution in [3.63, 3.8) is 0 Å². The summed E-state index contributed by atoms with van der Waals surface area (Å²) >= 11 is 6.58. The Bertz CT molecular complexity index is 1810. The first-order chi connectivity index (χ1) is 24.4. The minimum Gasteiger partial charge on any atom is -0.107 e. The molecule has 1 spiro atoms. The molecule has 1 fully saturated rings. The minimum absolute atomic E-state index is 0.0945. The van der Waals surface area contributed by atoms with Crippen molar-refractivity contribution in [1.29, 1.82) is 0 Å². The Morgan fingerprint density at radius 1 is 0.680 bits per heavy atom. The van der Waals surface area contributed by atoms with Crippen molar-refractivity contribution in [2.75, 3.05) is 5.75 Å². The van der Waals surface area contributed by atoms with Gasteiger partial charge in [-0.1, -0.05) is 84.1 Å². The van der Waals surface area contributed by atoms with Crippen LogP contribution in [-0.2, 0) is 14.9 Å². The Hall–Kier alpha value is -1.01. The first-order valence-corrected chi connectivity index (χ1v) is 25.0. The summed E-state index contributed by atoms with van der Waals surface area (Å²) in [5, 5.41) is 0.824. The fraction of sp³-hybridized carbons (Fsp3) is 0.622. The van der Waals surface area contributed by atoms with Crippen LogP contribution in [0.4, 0.5) is 0 Å². The summed E-state index contributed by atoms with van der Waals surface area (Å²) in [7, 11) is 5.32. The van der Waals surface area contributed by atoms with Crippen LogP contribution in [0.1, 0.15) is 183 Å². The number of thioether (sulfide) groups is 1. The summed E-state index contributed by atoms with van der Waals surface area (Å²) in [4.78, 5) is 9.92. The first-order valence-electron chi connectivity index (χ1n) is 20.7. The molecule has 2 aromatic heterocycles. The van der Waals surface area contributed by atoms with Crippen LogP contribution in [0.5, 0.6) is 0 Å². The Balaban J connectivity index is 1.18. The third-order valence-corrected chi connectivity index (χ3v) is 24.3. The van der Waals surface area contributed by atoms with Crippen molar-refractivity contribution in [1.82, 2.24) is 0 Å². The van der Waals surface area contributed by atoms with Gasteiger partial charge in [0, 0.05) is 0 Å². The Morgan fingerprint density at radius 2 is 1.28 bits per heavy atom. The summed E-state index contributed by atoms with van der Waals surface area (Å²) in [6.07, 6.45) is 25.7. The number of allylic oxidation sites excluding steroid dienone is 1. The zero-order chi connectivity index (χ0) is 34.9. The SMILES string of the molecule is [B]=Cc1cc2c(s1)-c1cc3c(cc1C2(CC)CC)-c1sc2c(c1C3(CC)CC)S1(CCCCCCCC)C3C=C(CCCCCCCC)SC231. The van der Waals surface area contributed by atoms with E-state index in [1.807, 2.05) is 32.6 Å². The molecule has 1 radical (unpaired) electrons. The average molecular weight is 740 g/mol. The molecule has 3 aliphatic heterocycles. The van der Waals surface area contributed by atoms with Crippen LogP contribution in [0.2, 0.25) is 0 Å². The van der Waals surface area contributed by atoms with Gasteiger partial charge < -0.3 is 0 Å². The Morgan fingerprint density at radius 3 is 1.92 bits per heavy atom. The predicted molar refractivity (Wildman–Crippen MR) is 230 cm³/mol. The van der Waals surface area contributed by atoms with Gasteiger partial charge >= 0.3 is 201 Å². The van der Waals surface area contributed by atoms with E-state index >= 15 is 0 Å². The first kappa shape index (κ1) is 36.0. The van der Waals surface area contributed by atoms with Crippen LogP contribution >= 0.6 is 44.5 Å². The molecule has 0 bridgehead atoms. The van der Waals surface area contributed by atoms with E-state index in [2.05, 4.69) is 88.9 Å². The standard InChI is InChI=1S/C45H60BS4/c1-7-13-15-17-19-21-23-30-26-37-45(49-30)42-41(50(37,45)24-22-20-18-16-14-8-2)38-40(48-42)33-28-34-32(27-35(33)44(38,11-5)12-6)39-36(25-31(29-46)47-39)43(34,9-3)10-4/h25-29,37H,7-24H2,1-6H3. The van der Waals surface area contributed by atoms with Gasteiger partial charge in [-0.3, -0.25) is 0 Å². The summed E-state index contributed by atoms with van der Waals surface area (Å²) in [6.45, 7) is 14.5. The van der Waals surface area contributed by atoms with E-state index in [9.17, 15) is 0 Å². The predicted octanol–water partition coefficient (Wildman–Crippen LogP) is 14.8. The minimum atomic E-state index is -0.806. The number of fused-ring (bicyclic) bond motifs is 10. The van der Waals surface area contributed by atoms with Gasteiger partial charge in [0.1, 0.15) is 0 Å². The quantitative estimate of drug-likeness (QED) is 0.0670. The van der Waals surface area contributed by atoms with Crippen LogP contribution in [0.25, 0.3) is 20.9 Å². The van der Waals surface area contributed by atoms with Gasteiger partial charge in [-0.15, -0.1) is 11.8 Å². The topological polar surface area (TPSA) is 0 Å². The molecular formula is C45H60BS4. The Labute approximate surface area is 319 Å². The molecule has 267 valence electrons. The fourth-order valence-electron chi connectivity index (χ4n) is 11.2. The molecule has 3 atom stereocenters. The number of unbranched alkanes of at least 4 members (excludes halogenated alkanes) is 10. The zero-order valence-electron chi connectivity index (χ0n) is 31.9. The van der Waals surface area contributed by atoms with Crippen molar-refractivity contribution < 1.29 is 0 Å². The van der Waals surface area contributed by atoms with E-state index in [1.165, 1.54) is 123 Å². The summed E-state index contributed by atoms with van der Waals surface area (Å²) < 4.78 is 0.443. The summed E-state index contributed by atoms with van der Waals surface area (Å²) in [5.74, 6) is 3.31. The van der Waals surface area contributed by atoms with E-state index in [4.69, 9.17) is 7.49 Å². The van der Waals surface area contributed by atoms with Crippen LogP contribution < -0.4 is 0 Å². The van der Waals surface area contributed by atoms with Gasteiger partial charge in [0.05, 0.1) is 0 Å². The van der Waals surface area contributed by atoms with Crippen molar-refractivity contribution >= 4 is 57.9 Å². The third-order valence-electron chi connectivity index (χ3n) is 14.1. The van der Waals surface area contributed by atoms with E-state index in [0.717, 1.165) is 18.1 Å². The van der Waals surface area contributed by atoms with Crippen LogP contribution in [-0.4, -0.2) is 24.5 Å². The summed E-state index contributed by atoms with van der Waals surface area (Å²) in [5.41, 5.74) is 9.99. The average Bonchev–Trinajstić information content (AvgIpc) is 3.81.